The molecule has 0 aromatic heterocycles. The standard InChI is InChI=1S/C14H30N2O.C13H20O.C11H23NO2.C11H23NO.C11H24O.2C10H21NO/c1-12(2)11-16(6)10-9-15-13(17)7-8-14(3,4)5;1-10(2)9-14-13-7-5-12(6-8-13)11(3)4;1-9(2)6-14-7-10(13)12-8-11(3,4)5;1-9(2)5-6-11(13)12-8-7-10(3)4;1-10(2)12-9-7-6-8-11(3,4)5;1-8(2)11-9(12)6-7-10(3,4)5;1-8(2)5-6-10(12)11-7-9(3)4/h12H,7-11H2,1-6H3,(H,15,17);5-8,10-11H,9H2,1-4H3;9H,6-8H2,1-5H3,(H,12,13);9-10H,5-8H2,1-4H3,(H,12,13);10H,6-9H2,1-5H3;8H,6-7H2,1-5H3,(H,11,12);8-9H,5-7H2,1-4H3,(H,11,12). The quantitative estimate of drug-likeness (QED) is 0.0414. The van der Waals surface area contributed by atoms with Gasteiger partial charge in [0, 0.05) is 84.2 Å². The molecule has 0 saturated carbocycles. The van der Waals surface area contributed by atoms with Crippen LogP contribution in [0.3, 0.4) is 0 Å². The topological polar surface area (TPSA) is 176 Å². The van der Waals surface area contributed by atoms with Crippen LogP contribution in [0.2, 0.25) is 0 Å². The zero-order valence-electron chi connectivity index (χ0n) is 68.4. The summed E-state index contributed by atoms with van der Waals surface area (Å²) in [6.07, 6.45) is 11.8. The summed E-state index contributed by atoms with van der Waals surface area (Å²) in [7, 11) is 2.10. The average Bonchev–Trinajstić information content (AvgIpc) is 1.06. The summed E-state index contributed by atoms with van der Waals surface area (Å²) in [5.41, 5.74) is 2.48. The molecule has 0 bridgehead atoms. The second kappa shape index (κ2) is 59.3. The maximum Gasteiger partial charge on any atom is 0.246 e. The molecule has 1 aromatic rings. The maximum absolute atomic E-state index is 11.6. The second-order valence-corrected chi connectivity index (χ2v) is 34.6. The van der Waals surface area contributed by atoms with Crippen molar-refractivity contribution in [3.05, 3.63) is 29.8 Å². The second-order valence-electron chi connectivity index (χ2n) is 34.6. The Balaban J connectivity index is -0.000000241. The first-order chi connectivity index (χ1) is 42.9. The molecule has 1 aromatic carbocycles. The van der Waals surface area contributed by atoms with E-state index < -0.39 is 0 Å². The number of nitrogens with one attached hydrogen (secondary N) is 5. The number of carbonyl (C=O) groups is 5. The van der Waals surface area contributed by atoms with Gasteiger partial charge in [0.05, 0.1) is 12.7 Å². The van der Waals surface area contributed by atoms with E-state index in [4.69, 9.17) is 14.2 Å². The molecule has 0 atom stereocenters. The number of carbonyl (C=O) groups excluding carboxylic acids is 5. The van der Waals surface area contributed by atoms with Gasteiger partial charge in [0.2, 0.25) is 29.5 Å². The Hall–Kier alpha value is -3.75. The molecule has 0 aliphatic carbocycles. The molecule has 0 aliphatic rings. The fraction of sp³-hybridized carbons (Fsp3) is 0.863. The highest BCUT2D eigenvalue weighted by molar-refractivity contribution is 5.77. The summed E-state index contributed by atoms with van der Waals surface area (Å²) in [4.78, 5) is 58.6. The van der Waals surface area contributed by atoms with Gasteiger partial charge in [0.25, 0.3) is 0 Å². The lowest BCUT2D eigenvalue weighted by molar-refractivity contribution is -0.126. The van der Waals surface area contributed by atoms with E-state index in [0.717, 1.165) is 83.8 Å². The Kier molecular flexibility index (Phi) is 63.9. The molecular formula is C80H162N6O8. The summed E-state index contributed by atoms with van der Waals surface area (Å²) in [6, 6.07) is 8.65. The summed E-state index contributed by atoms with van der Waals surface area (Å²) in [6.45, 7) is 76.1. The van der Waals surface area contributed by atoms with Gasteiger partial charge in [-0.1, -0.05) is 212 Å². The van der Waals surface area contributed by atoms with Crippen molar-refractivity contribution in [1.29, 1.82) is 0 Å². The number of unbranched alkanes of at least 4 members (excludes halogenated alkanes) is 1. The van der Waals surface area contributed by atoms with Crippen LogP contribution in [0.15, 0.2) is 24.3 Å². The molecule has 14 nitrogen and oxygen atoms in total. The molecule has 0 fully saturated rings. The number of hydrogen-bond donors (Lipinski definition) is 5. The molecule has 0 radical (unpaired) electrons. The van der Waals surface area contributed by atoms with E-state index in [2.05, 4.69) is 271 Å². The van der Waals surface area contributed by atoms with E-state index in [1.807, 2.05) is 13.8 Å². The van der Waals surface area contributed by atoms with Crippen LogP contribution in [0.25, 0.3) is 0 Å². The fourth-order valence-electron chi connectivity index (χ4n) is 7.49. The number of hydrogen-bond acceptors (Lipinski definition) is 9. The number of rotatable bonds is 35. The predicted molar refractivity (Wildman–Crippen MR) is 408 cm³/mol. The average molecular weight is 1340 g/mol. The van der Waals surface area contributed by atoms with Crippen LogP contribution >= 0.6 is 0 Å². The zero-order chi connectivity index (χ0) is 74.4. The van der Waals surface area contributed by atoms with Crippen molar-refractivity contribution in [2.45, 2.75) is 317 Å². The van der Waals surface area contributed by atoms with Gasteiger partial charge in [-0.15, -0.1) is 0 Å². The highest BCUT2D eigenvalue weighted by Gasteiger charge is 2.16. The van der Waals surface area contributed by atoms with Gasteiger partial charge < -0.3 is 45.7 Å². The monoisotopic (exact) mass is 1340 g/mol. The first-order valence-electron chi connectivity index (χ1n) is 36.8. The minimum atomic E-state index is -0.0272. The fourth-order valence-corrected chi connectivity index (χ4v) is 7.49. The van der Waals surface area contributed by atoms with E-state index in [9.17, 15) is 24.0 Å². The van der Waals surface area contributed by atoms with Gasteiger partial charge in [-0.05, 0) is 166 Å². The highest BCUT2D eigenvalue weighted by Crippen LogP contribution is 2.23. The zero-order valence-corrected chi connectivity index (χ0v) is 68.4. The SMILES string of the molecule is CC(C)CCC(=O)NCC(C)C.CC(C)CCNC(=O)CCC(C)C.CC(C)CN(C)CCNC(=O)CCC(C)(C)C.CC(C)COCC(=O)NCC(C)(C)C.CC(C)COc1ccc(C(C)C)cc1.CC(C)NC(=O)CCC(C)(C)C.CC(C)OCCCCC(C)(C)C. The third-order valence-corrected chi connectivity index (χ3v) is 13.2. The molecule has 0 spiro atoms. The summed E-state index contributed by atoms with van der Waals surface area (Å²) in [5.74, 6) is 6.48. The summed E-state index contributed by atoms with van der Waals surface area (Å²) >= 11 is 0. The summed E-state index contributed by atoms with van der Waals surface area (Å²) in [5, 5.41) is 14.5. The minimum Gasteiger partial charge on any atom is -0.493 e. The van der Waals surface area contributed by atoms with E-state index in [1.165, 1.54) is 24.8 Å². The van der Waals surface area contributed by atoms with Crippen LogP contribution < -0.4 is 31.3 Å². The molecule has 94 heavy (non-hydrogen) atoms. The Labute approximate surface area is 584 Å². The Bertz CT molecular complexity index is 1920. The lowest BCUT2D eigenvalue weighted by Gasteiger charge is -2.20. The number of amides is 5. The van der Waals surface area contributed by atoms with Gasteiger partial charge in [0.15, 0.2) is 0 Å². The van der Waals surface area contributed by atoms with Crippen LogP contribution in [-0.2, 0) is 33.4 Å². The van der Waals surface area contributed by atoms with Gasteiger partial charge in [-0.3, -0.25) is 24.0 Å². The lowest BCUT2D eigenvalue weighted by Crippen LogP contribution is -2.34. The number of nitrogens with zero attached hydrogens (tertiary/aromatic N) is 1. The number of ether oxygens (including phenoxy) is 3. The Morgan fingerprint density at radius 1 is 0.447 bits per heavy atom. The molecular weight excluding hydrogens is 1170 g/mol. The van der Waals surface area contributed by atoms with Crippen molar-refractivity contribution in [3.63, 3.8) is 0 Å². The maximum atomic E-state index is 11.6. The van der Waals surface area contributed by atoms with Crippen molar-refractivity contribution >= 4 is 29.5 Å². The van der Waals surface area contributed by atoms with Gasteiger partial charge in [-0.2, -0.15) is 0 Å². The highest BCUT2D eigenvalue weighted by atomic mass is 16.5. The molecule has 5 amide bonds. The van der Waals surface area contributed by atoms with Crippen molar-refractivity contribution < 1.29 is 38.2 Å². The first kappa shape index (κ1) is 101. The van der Waals surface area contributed by atoms with Gasteiger partial charge >= 0.3 is 0 Å². The Morgan fingerprint density at radius 2 is 0.894 bits per heavy atom. The van der Waals surface area contributed by atoms with Crippen LogP contribution in [0.4, 0.5) is 0 Å². The third-order valence-electron chi connectivity index (χ3n) is 13.2. The van der Waals surface area contributed by atoms with Gasteiger partial charge in [0.1, 0.15) is 12.4 Å². The normalized spacial score (nSPS) is 11.6. The van der Waals surface area contributed by atoms with E-state index in [1.54, 1.807) is 0 Å². The van der Waals surface area contributed by atoms with Crippen molar-refractivity contribution in [2.24, 2.45) is 63.1 Å². The van der Waals surface area contributed by atoms with Crippen LogP contribution in [0.1, 0.15) is 310 Å². The first-order valence-corrected chi connectivity index (χ1v) is 36.8. The van der Waals surface area contributed by atoms with Crippen molar-refractivity contribution in [3.8, 4) is 5.75 Å². The molecule has 5 N–H and O–H groups in total. The largest absolute Gasteiger partial charge is 0.493 e. The molecule has 560 valence electrons. The van der Waals surface area contributed by atoms with Crippen LogP contribution in [0, 0.1) is 63.1 Å². The molecule has 1 rings (SSSR count). The molecule has 14 heteroatoms. The van der Waals surface area contributed by atoms with Crippen LogP contribution in [-0.4, -0.2) is 119 Å². The Morgan fingerprint density at radius 3 is 1.29 bits per heavy atom. The van der Waals surface area contributed by atoms with Gasteiger partial charge in [-0.25, -0.2) is 0 Å². The van der Waals surface area contributed by atoms with E-state index in [0.29, 0.717) is 97.7 Å². The summed E-state index contributed by atoms with van der Waals surface area (Å²) < 4.78 is 16.3. The molecule has 0 unspecified atom stereocenters. The smallest absolute Gasteiger partial charge is 0.246 e. The van der Waals surface area contributed by atoms with Crippen molar-refractivity contribution in [1.82, 2.24) is 31.5 Å². The predicted octanol–water partition coefficient (Wildman–Crippen LogP) is 18.9. The molecule has 0 saturated heterocycles. The van der Waals surface area contributed by atoms with Crippen LogP contribution in [0.5, 0.6) is 5.75 Å². The molecule has 0 aliphatic heterocycles. The number of benzene rings is 1. The van der Waals surface area contributed by atoms with Crippen molar-refractivity contribution in [2.75, 3.05) is 72.7 Å². The van der Waals surface area contributed by atoms with E-state index in [-0.39, 0.29) is 58.4 Å². The molecule has 0 heterocycles. The third kappa shape index (κ3) is 96.9. The number of likely N-dealkylation sites (N-methyl/N-ethyl adjacent to an activating group) is 1. The lowest BCUT2D eigenvalue weighted by atomic mass is 9.90. The minimum absolute atomic E-state index is 0.0272. The van der Waals surface area contributed by atoms with E-state index >= 15 is 0 Å².